The lowest BCUT2D eigenvalue weighted by Gasteiger charge is -2.08. The fourth-order valence-corrected chi connectivity index (χ4v) is 5.30. The summed E-state index contributed by atoms with van der Waals surface area (Å²) < 4.78 is 27.5. The number of nitrogens with zero attached hydrogens (tertiary/aromatic N) is 1. The van der Waals surface area contributed by atoms with Gasteiger partial charge in [0.05, 0.1) is 8.71 Å². The first kappa shape index (κ1) is 16.2. The lowest BCUT2D eigenvalue weighted by Crippen LogP contribution is -2.14. The first-order valence-corrected chi connectivity index (χ1v) is 8.90. The molecule has 1 N–H and O–H groups in total. The van der Waals surface area contributed by atoms with E-state index in [1.54, 1.807) is 6.92 Å². The third-order valence-electron chi connectivity index (χ3n) is 2.53. The number of anilines is 1. The van der Waals surface area contributed by atoms with Gasteiger partial charge in [-0.15, -0.1) is 11.3 Å². The maximum Gasteiger partial charge on any atom is 0.293 e. The van der Waals surface area contributed by atoms with E-state index in [0.29, 0.717) is 8.66 Å². The van der Waals surface area contributed by atoms with Crippen LogP contribution in [-0.2, 0) is 10.0 Å². The zero-order chi connectivity index (χ0) is 15.8. The Morgan fingerprint density at radius 2 is 2.05 bits per heavy atom. The molecule has 0 aliphatic rings. The standard InChI is InChI=1S/C11H8BrClN2O4S2/c1-6-10(5-11(12)20-6)21(18,19)14-8-4-7(13)2-3-9(8)15(16)17/h2-5,14H,1H3. The molecule has 6 nitrogen and oxygen atoms in total. The summed E-state index contributed by atoms with van der Waals surface area (Å²) in [5.41, 5.74) is -0.538. The van der Waals surface area contributed by atoms with Gasteiger partial charge in [-0.3, -0.25) is 14.8 Å². The number of nitro benzene ring substituents is 1. The summed E-state index contributed by atoms with van der Waals surface area (Å²) in [6.07, 6.45) is 0. The second-order valence-electron chi connectivity index (χ2n) is 4.00. The molecule has 1 heterocycles. The Labute approximate surface area is 138 Å². The maximum absolute atomic E-state index is 12.3. The van der Waals surface area contributed by atoms with Crippen LogP contribution in [0.3, 0.4) is 0 Å². The summed E-state index contributed by atoms with van der Waals surface area (Å²) in [7, 11) is -3.93. The van der Waals surface area contributed by atoms with Crippen LogP contribution >= 0.6 is 38.9 Å². The number of aryl methyl sites for hydroxylation is 1. The summed E-state index contributed by atoms with van der Waals surface area (Å²) in [5.74, 6) is 0. The zero-order valence-electron chi connectivity index (χ0n) is 10.5. The molecular weight excluding hydrogens is 404 g/mol. The predicted octanol–water partition coefficient (Wildman–Crippen LogP) is 4.18. The average Bonchev–Trinajstić information content (AvgIpc) is 2.68. The van der Waals surface area contributed by atoms with Crippen LogP contribution in [0, 0.1) is 17.0 Å². The average molecular weight is 412 g/mol. The van der Waals surface area contributed by atoms with Crippen molar-refractivity contribution in [1.29, 1.82) is 0 Å². The molecule has 10 heteroatoms. The highest BCUT2D eigenvalue weighted by atomic mass is 79.9. The van der Waals surface area contributed by atoms with Crippen LogP contribution < -0.4 is 4.72 Å². The number of hydrogen-bond donors (Lipinski definition) is 1. The molecule has 0 saturated carbocycles. The van der Waals surface area contributed by atoms with Gasteiger partial charge in [-0.1, -0.05) is 11.6 Å². The van der Waals surface area contributed by atoms with Gasteiger partial charge in [0.15, 0.2) is 0 Å². The summed E-state index contributed by atoms with van der Waals surface area (Å²) in [6, 6.07) is 5.12. The Kier molecular flexibility index (Phi) is 4.57. The van der Waals surface area contributed by atoms with Crippen molar-refractivity contribution in [2.24, 2.45) is 0 Å². The van der Waals surface area contributed by atoms with Crippen molar-refractivity contribution in [2.45, 2.75) is 11.8 Å². The van der Waals surface area contributed by atoms with Crippen LogP contribution in [0.2, 0.25) is 5.02 Å². The molecular formula is C11H8BrClN2O4S2. The third-order valence-corrected chi connectivity index (χ3v) is 5.94. The summed E-state index contributed by atoms with van der Waals surface area (Å²) in [4.78, 5) is 10.9. The van der Waals surface area contributed by atoms with E-state index >= 15 is 0 Å². The second-order valence-corrected chi connectivity index (χ2v) is 8.72. The number of rotatable bonds is 4. The van der Waals surface area contributed by atoms with E-state index in [1.165, 1.54) is 29.5 Å². The number of hydrogen-bond acceptors (Lipinski definition) is 5. The van der Waals surface area contributed by atoms with Gasteiger partial charge >= 0.3 is 0 Å². The Bertz CT molecular complexity index is 820. The Balaban J connectivity index is 2.48. The van der Waals surface area contributed by atoms with E-state index in [-0.39, 0.29) is 21.3 Å². The normalized spacial score (nSPS) is 11.4. The van der Waals surface area contributed by atoms with Gasteiger partial charge in [0.1, 0.15) is 10.6 Å². The highest BCUT2D eigenvalue weighted by Gasteiger charge is 2.24. The Hall–Kier alpha value is -1.16. The summed E-state index contributed by atoms with van der Waals surface area (Å²) >= 11 is 10.2. The van der Waals surface area contributed by atoms with Crippen LogP contribution in [0.1, 0.15) is 4.88 Å². The van der Waals surface area contributed by atoms with Crippen molar-refractivity contribution >= 4 is 60.3 Å². The number of halogens is 2. The number of thiophene rings is 1. The third kappa shape index (κ3) is 3.54. The largest absolute Gasteiger partial charge is 0.293 e. The molecule has 0 aliphatic heterocycles. The summed E-state index contributed by atoms with van der Waals surface area (Å²) in [6.45, 7) is 1.65. The maximum atomic E-state index is 12.3. The van der Waals surface area contributed by atoms with Crippen molar-refractivity contribution < 1.29 is 13.3 Å². The number of benzene rings is 1. The van der Waals surface area contributed by atoms with Crippen molar-refractivity contribution in [1.82, 2.24) is 0 Å². The van der Waals surface area contributed by atoms with Crippen LogP contribution in [0.4, 0.5) is 11.4 Å². The monoisotopic (exact) mass is 410 g/mol. The van der Waals surface area contributed by atoms with Crippen LogP contribution in [0.5, 0.6) is 0 Å². The van der Waals surface area contributed by atoms with Crippen LogP contribution in [0.15, 0.2) is 32.9 Å². The molecule has 0 saturated heterocycles. The van der Waals surface area contributed by atoms with Crippen LogP contribution in [-0.4, -0.2) is 13.3 Å². The molecule has 0 bridgehead atoms. The van der Waals surface area contributed by atoms with Gasteiger partial charge < -0.3 is 0 Å². The number of sulfonamides is 1. The molecule has 0 radical (unpaired) electrons. The van der Waals surface area contributed by atoms with E-state index in [1.807, 2.05) is 0 Å². The minimum absolute atomic E-state index is 0.0636. The molecule has 0 amide bonds. The fourth-order valence-electron chi connectivity index (χ4n) is 1.65. The zero-order valence-corrected chi connectivity index (χ0v) is 14.4. The minimum atomic E-state index is -3.93. The molecule has 0 atom stereocenters. The molecule has 112 valence electrons. The lowest BCUT2D eigenvalue weighted by atomic mass is 10.3. The van der Waals surface area contributed by atoms with Crippen molar-refractivity contribution in [3.05, 3.63) is 48.1 Å². The molecule has 0 fully saturated rings. The summed E-state index contributed by atoms with van der Waals surface area (Å²) in [5, 5.41) is 11.1. The van der Waals surface area contributed by atoms with Crippen molar-refractivity contribution in [2.75, 3.05) is 4.72 Å². The second kappa shape index (κ2) is 5.91. The topological polar surface area (TPSA) is 89.3 Å². The molecule has 0 aliphatic carbocycles. The van der Waals surface area contributed by atoms with Crippen molar-refractivity contribution in [3.8, 4) is 0 Å². The van der Waals surface area contributed by atoms with Gasteiger partial charge in [0.25, 0.3) is 15.7 Å². The van der Waals surface area contributed by atoms with Crippen molar-refractivity contribution in [3.63, 3.8) is 0 Å². The molecule has 2 rings (SSSR count). The molecule has 1 aromatic carbocycles. The first-order valence-electron chi connectivity index (χ1n) is 5.43. The number of nitro groups is 1. The van der Waals surface area contributed by atoms with Gasteiger partial charge in [0.2, 0.25) is 0 Å². The van der Waals surface area contributed by atoms with Gasteiger partial charge in [-0.25, -0.2) is 8.42 Å². The SMILES string of the molecule is Cc1sc(Br)cc1S(=O)(=O)Nc1cc(Cl)ccc1[N+](=O)[O-]. The van der Waals surface area contributed by atoms with E-state index in [2.05, 4.69) is 20.7 Å². The first-order chi connectivity index (χ1) is 9.70. The molecule has 0 spiro atoms. The quantitative estimate of drug-likeness (QED) is 0.603. The number of nitrogens with one attached hydrogen (secondary N) is 1. The Morgan fingerprint density at radius 1 is 1.38 bits per heavy atom. The molecule has 1 aromatic heterocycles. The van der Waals surface area contributed by atoms with Gasteiger partial charge in [-0.05, 0) is 41.1 Å². The van der Waals surface area contributed by atoms with Gasteiger partial charge in [0, 0.05) is 16.0 Å². The molecule has 2 aromatic rings. The van der Waals surface area contributed by atoms with Crippen LogP contribution in [0.25, 0.3) is 0 Å². The fraction of sp³-hybridized carbons (Fsp3) is 0.0909. The highest BCUT2D eigenvalue weighted by Crippen LogP contribution is 2.33. The van der Waals surface area contributed by atoms with E-state index in [4.69, 9.17) is 11.6 Å². The molecule has 21 heavy (non-hydrogen) atoms. The Morgan fingerprint density at radius 3 is 2.57 bits per heavy atom. The van der Waals surface area contributed by atoms with E-state index < -0.39 is 14.9 Å². The minimum Gasteiger partial charge on any atom is -0.273 e. The van der Waals surface area contributed by atoms with Gasteiger partial charge in [-0.2, -0.15) is 0 Å². The lowest BCUT2D eigenvalue weighted by molar-refractivity contribution is -0.383. The highest BCUT2D eigenvalue weighted by molar-refractivity contribution is 9.11. The van der Waals surface area contributed by atoms with E-state index in [0.717, 1.165) is 6.07 Å². The smallest absolute Gasteiger partial charge is 0.273 e. The molecule has 0 unspecified atom stereocenters. The predicted molar refractivity (Wildman–Crippen MR) is 85.7 cm³/mol. The van der Waals surface area contributed by atoms with E-state index in [9.17, 15) is 18.5 Å².